The Kier molecular flexibility index (Phi) is 2.41. The van der Waals surface area contributed by atoms with Crippen molar-refractivity contribution in [2.75, 3.05) is 5.75 Å². The molecule has 0 aromatic heterocycles. The highest BCUT2D eigenvalue weighted by Gasteiger charge is 2.38. The zero-order valence-electron chi connectivity index (χ0n) is 8.85. The molecule has 1 saturated carbocycles. The first-order valence-electron chi connectivity index (χ1n) is 5.53. The minimum absolute atomic E-state index is 0.00833. The van der Waals surface area contributed by atoms with Gasteiger partial charge >= 0.3 is 0 Å². The van der Waals surface area contributed by atoms with Crippen LogP contribution in [0.15, 0.2) is 29.2 Å². The zero-order valence-corrected chi connectivity index (χ0v) is 9.67. The van der Waals surface area contributed by atoms with Crippen LogP contribution in [0.3, 0.4) is 0 Å². The average Bonchev–Trinajstić information content (AvgIpc) is 2.82. The van der Waals surface area contributed by atoms with Gasteiger partial charge in [-0.1, -0.05) is 18.2 Å². The third-order valence-corrected chi connectivity index (χ3v) is 4.37. The van der Waals surface area contributed by atoms with Gasteiger partial charge in [0.1, 0.15) is 0 Å². The van der Waals surface area contributed by atoms with Crippen LogP contribution in [-0.4, -0.2) is 23.7 Å². The number of carbonyl (C=O) groups excluding carboxylic acids is 1. The van der Waals surface area contributed by atoms with Crippen LogP contribution in [0.4, 0.5) is 0 Å². The lowest BCUT2D eigenvalue weighted by Crippen LogP contribution is -2.34. The Morgan fingerprint density at radius 2 is 2.19 bits per heavy atom. The smallest absolute Gasteiger partial charge is 0.228 e. The number of hydrogen-bond acceptors (Lipinski definition) is 3. The van der Waals surface area contributed by atoms with E-state index < -0.39 is 0 Å². The summed E-state index contributed by atoms with van der Waals surface area (Å²) >= 11 is 1.76. The normalized spacial score (nSPS) is 30.9. The lowest BCUT2D eigenvalue weighted by molar-refractivity contribution is -0.122. The number of benzene rings is 1. The van der Waals surface area contributed by atoms with Crippen molar-refractivity contribution in [2.24, 2.45) is 5.73 Å². The third-order valence-electron chi connectivity index (χ3n) is 3.18. The van der Waals surface area contributed by atoms with Gasteiger partial charge < -0.3 is 11.1 Å². The number of hydrogen-bond donors (Lipinski definition) is 2. The summed E-state index contributed by atoms with van der Waals surface area (Å²) < 4.78 is 0. The summed E-state index contributed by atoms with van der Waals surface area (Å²) in [6, 6.07) is 8.53. The molecule has 0 spiro atoms. The van der Waals surface area contributed by atoms with Crippen molar-refractivity contribution < 1.29 is 4.79 Å². The van der Waals surface area contributed by atoms with Gasteiger partial charge in [0.15, 0.2) is 0 Å². The number of thioether (sulfide) groups is 1. The molecule has 16 heavy (non-hydrogen) atoms. The Hall–Kier alpha value is -1.00. The van der Waals surface area contributed by atoms with E-state index in [1.165, 1.54) is 10.5 Å². The molecule has 3 rings (SSSR count). The minimum atomic E-state index is 0.00833. The second kappa shape index (κ2) is 3.79. The molecule has 3 unspecified atom stereocenters. The van der Waals surface area contributed by atoms with E-state index >= 15 is 0 Å². The summed E-state index contributed by atoms with van der Waals surface area (Å²) in [6.07, 6.45) is 0.924. The summed E-state index contributed by atoms with van der Waals surface area (Å²) in [5.41, 5.74) is 6.85. The maximum absolute atomic E-state index is 12.0. The standard InChI is InChI=1S/C12H14N2OS/c13-9-5-10(9)14-12(15)8-6-16-11-4-2-1-3-7(8)11/h1-4,8-10H,5-6,13H2,(H,14,15). The molecule has 1 fully saturated rings. The molecule has 1 amide bonds. The van der Waals surface area contributed by atoms with Crippen LogP contribution in [0.25, 0.3) is 0 Å². The lowest BCUT2D eigenvalue weighted by atomic mass is 10.0. The summed E-state index contributed by atoms with van der Waals surface area (Å²) in [5, 5.41) is 3.01. The van der Waals surface area contributed by atoms with E-state index in [0.29, 0.717) is 0 Å². The molecule has 3 atom stereocenters. The molecular formula is C12H14N2OS. The highest BCUT2D eigenvalue weighted by molar-refractivity contribution is 7.99. The van der Waals surface area contributed by atoms with Gasteiger partial charge in [0, 0.05) is 22.7 Å². The van der Waals surface area contributed by atoms with Crippen LogP contribution in [0.2, 0.25) is 0 Å². The lowest BCUT2D eigenvalue weighted by Gasteiger charge is -2.10. The van der Waals surface area contributed by atoms with Gasteiger partial charge in [-0.25, -0.2) is 0 Å². The fourth-order valence-electron chi connectivity index (χ4n) is 2.04. The molecule has 1 aliphatic heterocycles. The van der Waals surface area contributed by atoms with E-state index in [-0.39, 0.29) is 23.9 Å². The van der Waals surface area contributed by atoms with Crippen LogP contribution >= 0.6 is 11.8 Å². The number of amides is 1. The maximum atomic E-state index is 12.0. The Morgan fingerprint density at radius 1 is 1.44 bits per heavy atom. The predicted octanol–water partition coefficient (Wildman–Crippen LogP) is 1.09. The van der Waals surface area contributed by atoms with Crippen molar-refractivity contribution >= 4 is 17.7 Å². The molecule has 0 radical (unpaired) electrons. The Bertz CT molecular complexity index is 435. The van der Waals surface area contributed by atoms with Gasteiger partial charge in [-0.2, -0.15) is 0 Å². The van der Waals surface area contributed by atoms with Crippen molar-refractivity contribution in [1.82, 2.24) is 5.32 Å². The molecule has 0 saturated heterocycles. The summed E-state index contributed by atoms with van der Waals surface area (Å²) in [4.78, 5) is 13.3. The van der Waals surface area contributed by atoms with Crippen molar-refractivity contribution in [3.05, 3.63) is 29.8 Å². The highest BCUT2D eigenvalue weighted by atomic mass is 32.2. The van der Waals surface area contributed by atoms with Crippen molar-refractivity contribution in [1.29, 1.82) is 0 Å². The molecule has 1 aromatic rings. The van der Waals surface area contributed by atoms with Crippen molar-refractivity contribution in [3.8, 4) is 0 Å². The first-order chi connectivity index (χ1) is 7.75. The third kappa shape index (κ3) is 1.72. The zero-order chi connectivity index (χ0) is 11.1. The number of nitrogens with one attached hydrogen (secondary N) is 1. The molecule has 4 heteroatoms. The van der Waals surface area contributed by atoms with E-state index in [0.717, 1.165) is 12.2 Å². The SMILES string of the molecule is NC1CC1NC(=O)C1CSc2ccccc21. The van der Waals surface area contributed by atoms with Crippen LogP contribution in [0, 0.1) is 0 Å². The fourth-order valence-corrected chi connectivity index (χ4v) is 3.27. The molecule has 84 valence electrons. The molecule has 3 N–H and O–H groups in total. The Labute approximate surface area is 98.8 Å². The summed E-state index contributed by atoms with van der Waals surface area (Å²) in [6.45, 7) is 0. The number of carbonyl (C=O) groups is 1. The van der Waals surface area contributed by atoms with Gasteiger partial charge in [0.25, 0.3) is 0 Å². The highest BCUT2D eigenvalue weighted by Crippen LogP contribution is 2.39. The minimum Gasteiger partial charge on any atom is -0.351 e. The first kappa shape index (κ1) is 10.2. The van der Waals surface area contributed by atoms with Crippen LogP contribution in [0.5, 0.6) is 0 Å². The van der Waals surface area contributed by atoms with E-state index in [9.17, 15) is 4.79 Å². The molecular weight excluding hydrogens is 220 g/mol. The monoisotopic (exact) mass is 234 g/mol. The number of nitrogens with two attached hydrogens (primary N) is 1. The van der Waals surface area contributed by atoms with Gasteiger partial charge in [0.2, 0.25) is 5.91 Å². The second-order valence-corrected chi connectivity index (χ2v) is 5.48. The molecule has 0 bridgehead atoms. The molecule has 1 aromatic carbocycles. The topological polar surface area (TPSA) is 55.1 Å². The van der Waals surface area contributed by atoms with E-state index in [1.807, 2.05) is 18.2 Å². The maximum Gasteiger partial charge on any atom is 0.228 e. The van der Waals surface area contributed by atoms with E-state index in [4.69, 9.17) is 5.73 Å². The summed E-state index contributed by atoms with van der Waals surface area (Å²) in [7, 11) is 0. The number of rotatable bonds is 2. The van der Waals surface area contributed by atoms with E-state index in [1.54, 1.807) is 11.8 Å². The second-order valence-electron chi connectivity index (χ2n) is 4.42. The van der Waals surface area contributed by atoms with Crippen molar-refractivity contribution in [2.45, 2.75) is 29.3 Å². The largest absolute Gasteiger partial charge is 0.351 e. The van der Waals surface area contributed by atoms with Crippen molar-refractivity contribution in [3.63, 3.8) is 0 Å². The predicted molar refractivity (Wildman–Crippen MR) is 64.4 cm³/mol. The van der Waals surface area contributed by atoms with Gasteiger partial charge in [-0.15, -0.1) is 11.8 Å². The van der Waals surface area contributed by atoms with Gasteiger partial charge in [-0.3, -0.25) is 4.79 Å². The Balaban J connectivity index is 1.74. The first-order valence-corrected chi connectivity index (χ1v) is 6.52. The van der Waals surface area contributed by atoms with Gasteiger partial charge in [0.05, 0.1) is 5.92 Å². The van der Waals surface area contributed by atoms with E-state index in [2.05, 4.69) is 11.4 Å². The molecule has 2 aliphatic rings. The van der Waals surface area contributed by atoms with Crippen LogP contribution in [-0.2, 0) is 4.79 Å². The number of fused-ring (bicyclic) bond motifs is 1. The van der Waals surface area contributed by atoms with Crippen LogP contribution < -0.4 is 11.1 Å². The molecule has 1 heterocycles. The fraction of sp³-hybridized carbons (Fsp3) is 0.417. The summed E-state index contributed by atoms with van der Waals surface area (Å²) in [5.74, 6) is 0.997. The Morgan fingerprint density at radius 3 is 2.94 bits per heavy atom. The van der Waals surface area contributed by atoms with Crippen LogP contribution in [0.1, 0.15) is 17.9 Å². The van der Waals surface area contributed by atoms with Gasteiger partial charge in [-0.05, 0) is 18.1 Å². The molecule has 1 aliphatic carbocycles. The molecule has 3 nitrogen and oxygen atoms in total. The average molecular weight is 234 g/mol. The quantitative estimate of drug-likeness (QED) is 0.805.